The first-order valence-corrected chi connectivity index (χ1v) is 12.0. The molecule has 3 aromatic rings. The van der Waals surface area contributed by atoms with Crippen LogP contribution in [0.25, 0.3) is 16.9 Å². The van der Waals surface area contributed by atoms with Crippen molar-refractivity contribution in [3.05, 3.63) is 41.7 Å². The monoisotopic (exact) mass is 484 g/mol. The molecule has 1 saturated heterocycles. The molecule has 0 saturated carbocycles. The standard InChI is InChI=1S/C17H18FN5O2.C8H15NO/c1-22-10-11(8-20-22)16-13-3-5-25-6-4-15(13)23(21-16)12-7-14(18)17(24-2)19-9-12;1-3-7-4-5-8(10)9(2)6-7/h7-10H,3-6H2,1-2H3;7H,3-6H2,1-2H3. The van der Waals surface area contributed by atoms with Crippen molar-refractivity contribution in [2.24, 2.45) is 13.0 Å². The van der Waals surface area contributed by atoms with Gasteiger partial charge in [-0.1, -0.05) is 13.3 Å². The molecule has 0 bridgehead atoms. The van der Waals surface area contributed by atoms with Gasteiger partial charge < -0.3 is 14.4 Å². The fourth-order valence-corrected chi connectivity index (χ4v) is 4.55. The van der Waals surface area contributed by atoms with Crippen LogP contribution in [-0.4, -0.2) is 69.3 Å². The SMILES string of the molecule is CCC1CCC(=O)N(C)C1.COc1ncc(-n2nc(-c3cnn(C)c3)c3c2CCOCC3)cc1F. The van der Waals surface area contributed by atoms with E-state index in [9.17, 15) is 9.18 Å². The number of carbonyl (C=O) groups is 1. The van der Waals surface area contributed by atoms with Crippen LogP contribution >= 0.6 is 0 Å². The molecule has 0 radical (unpaired) electrons. The highest BCUT2D eigenvalue weighted by atomic mass is 19.1. The molecule has 35 heavy (non-hydrogen) atoms. The highest BCUT2D eigenvalue weighted by molar-refractivity contribution is 5.76. The predicted molar refractivity (Wildman–Crippen MR) is 129 cm³/mol. The summed E-state index contributed by atoms with van der Waals surface area (Å²) in [6.07, 6.45) is 9.79. The molecule has 0 aromatic carbocycles. The van der Waals surface area contributed by atoms with Crippen LogP contribution in [0.3, 0.4) is 0 Å². The molecular weight excluding hydrogens is 451 g/mol. The van der Waals surface area contributed by atoms with E-state index in [-0.39, 0.29) is 5.88 Å². The number of likely N-dealkylation sites (tertiary alicyclic amines) is 1. The summed E-state index contributed by atoms with van der Waals surface area (Å²) in [6, 6.07) is 1.39. The maximum Gasteiger partial charge on any atom is 0.250 e. The molecule has 0 aliphatic carbocycles. The van der Waals surface area contributed by atoms with Crippen LogP contribution in [0.1, 0.15) is 37.4 Å². The van der Waals surface area contributed by atoms with Crippen LogP contribution in [0.2, 0.25) is 0 Å². The summed E-state index contributed by atoms with van der Waals surface area (Å²) in [4.78, 5) is 16.9. The Balaban J connectivity index is 0.000000243. The molecule has 0 N–H and O–H groups in total. The van der Waals surface area contributed by atoms with Crippen LogP contribution < -0.4 is 4.74 Å². The fraction of sp³-hybridized carbons (Fsp3) is 0.520. The van der Waals surface area contributed by atoms with Gasteiger partial charge in [-0.3, -0.25) is 9.48 Å². The molecule has 2 aliphatic rings. The van der Waals surface area contributed by atoms with E-state index < -0.39 is 5.82 Å². The quantitative estimate of drug-likeness (QED) is 0.565. The number of aromatic nitrogens is 5. The molecule has 1 unspecified atom stereocenters. The molecule has 3 aromatic heterocycles. The van der Waals surface area contributed by atoms with Gasteiger partial charge in [0, 0.05) is 56.9 Å². The molecule has 188 valence electrons. The number of ether oxygens (including phenoxy) is 2. The minimum Gasteiger partial charge on any atom is -0.479 e. The Labute approximate surface area is 204 Å². The third kappa shape index (κ3) is 5.53. The number of piperidine rings is 1. The third-order valence-corrected chi connectivity index (χ3v) is 6.58. The normalized spacial score (nSPS) is 17.9. The van der Waals surface area contributed by atoms with Crippen molar-refractivity contribution in [1.82, 2.24) is 29.4 Å². The largest absolute Gasteiger partial charge is 0.479 e. The minimum atomic E-state index is -0.517. The lowest BCUT2D eigenvalue weighted by Gasteiger charge is -2.28. The molecule has 9 nitrogen and oxygen atoms in total. The molecule has 1 fully saturated rings. The number of pyridine rings is 1. The Kier molecular flexibility index (Phi) is 7.80. The third-order valence-electron chi connectivity index (χ3n) is 6.58. The van der Waals surface area contributed by atoms with E-state index >= 15 is 0 Å². The maximum atomic E-state index is 14.1. The van der Waals surface area contributed by atoms with Crippen molar-refractivity contribution in [1.29, 1.82) is 0 Å². The van der Waals surface area contributed by atoms with E-state index in [1.807, 2.05) is 25.2 Å². The van der Waals surface area contributed by atoms with Crippen molar-refractivity contribution < 1.29 is 18.7 Å². The summed E-state index contributed by atoms with van der Waals surface area (Å²) in [7, 11) is 5.15. The Morgan fingerprint density at radius 1 is 1.20 bits per heavy atom. The summed E-state index contributed by atoms with van der Waals surface area (Å²) in [5.41, 5.74) is 4.47. The van der Waals surface area contributed by atoms with Crippen LogP contribution in [0.5, 0.6) is 5.88 Å². The van der Waals surface area contributed by atoms with Crippen LogP contribution in [0, 0.1) is 11.7 Å². The summed E-state index contributed by atoms with van der Waals surface area (Å²) in [5, 5.41) is 8.98. The van der Waals surface area contributed by atoms with Gasteiger partial charge in [0.05, 0.1) is 49.8 Å². The highest BCUT2D eigenvalue weighted by Crippen LogP contribution is 2.30. The van der Waals surface area contributed by atoms with Gasteiger partial charge in [-0.15, -0.1) is 0 Å². The number of fused-ring (bicyclic) bond motifs is 1. The molecule has 10 heteroatoms. The fourth-order valence-electron chi connectivity index (χ4n) is 4.55. The van der Waals surface area contributed by atoms with E-state index in [4.69, 9.17) is 14.6 Å². The zero-order chi connectivity index (χ0) is 24.9. The average molecular weight is 485 g/mol. The maximum absolute atomic E-state index is 14.1. The second-order valence-corrected chi connectivity index (χ2v) is 8.97. The number of methoxy groups -OCH3 is 1. The number of hydrogen-bond acceptors (Lipinski definition) is 6. The van der Waals surface area contributed by atoms with E-state index in [1.54, 1.807) is 21.8 Å². The zero-order valence-electron chi connectivity index (χ0n) is 20.8. The molecule has 5 heterocycles. The summed E-state index contributed by atoms with van der Waals surface area (Å²) in [5.74, 6) is 0.516. The van der Waals surface area contributed by atoms with Gasteiger partial charge in [-0.2, -0.15) is 10.2 Å². The van der Waals surface area contributed by atoms with Gasteiger partial charge in [0.1, 0.15) is 0 Å². The second-order valence-electron chi connectivity index (χ2n) is 8.97. The molecule has 1 atom stereocenters. The predicted octanol–water partition coefficient (Wildman–Crippen LogP) is 3.20. The van der Waals surface area contributed by atoms with Crippen molar-refractivity contribution in [2.45, 2.75) is 39.0 Å². The van der Waals surface area contributed by atoms with E-state index in [1.165, 1.54) is 19.6 Å². The first kappa shape index (κ1) is 24.8. The summed E-state index contributed by atoms with van der Waals surface area (Å²) >= 11 is 0. The van der Waals surface area contributed by atoms with Gasteiger partial charge in [0.15, 0.2) is 5.82 Å². The average Bonchev–Trinajstić information content (AvgIpc) is 3.36. The topological polar surface area (TPSA) is 87.3 Å². The van der Waals surface area contributed by atoms with Crippen molar-refractivity contribution in [2.75, 3.05) is 33.9 Å². The molecule has 1 amide bonds. The minimum absolute atomic E-state index is 0.0298. The lowest BCUT2D eigenvalue weighted by atomic mass is 9.96. The van der Waals surface area contributed by atoms with E-state index in [0.717, 1.165) is 54.2 Å². The molecular formula is C25H33FN6O3. The zero-order valence-corrected chi connectivity index (χ0v) is 20.8. The van der Waals surface area contributed by atoms with Gasteiger partial charge in [0.2, 0.25) is 11.8 Å². The highest BCUT2D eigenvalue weighted by Gasteiger charge is 2.23. The lowest BCUT2D eigenvalue weighted by molar-refractivity contribution is -0.133. The van der Waals surface area contributed by atoms with Gasteiger partial charge in [-0.25, -0.2) is 14.1 Å². The Bertz CT molecular complexity index is 1170. The molecule has 5 rings (SSSR count). The van der Waals surface area contributed by atoms with Crippen LogP contribution in [-0.2, 0) is 29.4 Å². The molecule has 0 spiro atoms. The number of amides is 1. The van der Waals surface area contributed by atoms with E-state index in [2.05, 4.69) is 17.0 Å². The first-order chi connectivity index (χ1) is 16.9. The number of halogens is 1. The lowest BCUT2D eigenvalue weighted by Crippen LogP contribution is -2.36. The Morgan fingerprint density at radius 2 is 2.00 bits per heavy atom. The van der Waals surface area contributed by atoms with Gasteiger partial charge >= 0.3 is 0 Å². The number of carbonyl (C=O) groups excluding carboxylic acids is 1. The Hall–Kier alpha value is -3.27. The van der Waals surface area contributed by atoms with Crippen LogP contribution in [0.15, 0.2) is 24.7 Å². The number of hydrogen-bond donors (Lipinski definition) is 0. The number of rotatable bonds is 4. The number of aryl methyl sites for hydroxylation is 1. The summed E-state index contributed by atoms with van der Waals surface area (Å²) in [6.45, 7) is 4.40. The van der Waals surface area contributed by atoms with Gasteiger partial charge in [0.25, 0.3) is 0 Å². The smallest absolute Gasteiger partial charge is 0.250 e. The van der Waals surface area contributed by atoms with Crippen molar-refractivity contribution in [3.63, 3.8) is 0 Å². The number of nitrogens with zero attached hydrogens (tertiary/aromatic N) is 6. The Morgan fingerprint density at radius 3 is 2.66 bits per heavy atom. The second kappa shape index (κ2) is 11.0. The van der Waals surface area contributed by atoms with Crippen LogP contribution in [0.4, 0.5) is 4.39 Å². The summed E-state index contributed by atoms with van der Waals surface area (Å²) < 4.78 is 28.1. The van der Waals surface area contributed by atoms with Crippen molar-refractivity contribution in [3.8, 4) is 22.8 Å². The first-order valence-electron chi connectivity index (χ1n) is 12.0. The van der Waals surface area contributed by atoms with Gasteiger partial charge in [-0.05, 0) is 18.8 Å². The van der Waals surface area contributed by atoms with E-state index in [0.29, 0.717) is 31.2 Å². The van der Waals surface area contributed by atoms with Crippen molar-refractivity contribution >= 4 is 5.91 Å². The molecule has 2 aliphatic heterocycles.